The van der Waals surface area contributed by atoms with Crippen molar-refractivity contribution in [3.63, 3.8) is 0 Å². The number of ether oxygens (including phenoxy) is 2. The zero-order valence-corrected chi connectivity index (χ0v) is 20.5. The fraction of sp³-hybridized carbons (Fsp3) is 0.391. The van der Waals surface area contributed by atoms with Crippen molar-refractivity contribution >= 4 is 42.6 Å². The molecule has 0 bridgehead atoms. The van der Waals surface area contributed by atoms with Crippen molar-refractivity contribution in [2.24, 2.45) is 5.92 Å². The Morgan fingerprint density at radius 3 is 2.45 bits per heavy atom. The molecule has 1 saturated heterocycles. The third-order valence-corrected chi connectivity index (χ3v) is 8.85. The minimum Gasteiger partial charge on any atom is -0.493 e. The number of sulfonamides is 1. The van der Waals surface area contributed by atoms with E-state index in [0.717, 1.165) is 10.2 Å². The van der Waals surface area contributed by atoms with Crippen LogP contribution in [0.2, 0.25) is 0 Å². The molecule has 1 aromatic heterocycles. The molecule has 8 nitrogen and oxygen atoms in total. The predicted octanol–water partition coefficient (Wildman–Crippen LogP) is 3.77. The average Bonchev–Trinajstić information content (AvgIpc) is 3.27. The van der Waals surface area contributed by atoms with Gasteiger partial charge in [0.2, 0.25) is 15.9 Å². The molecule has 2 aromatic carbocycles. The van der Waals surface area contributed by atoms with E-state index in [1.165, 1.54) is 42.0 Å². The van der Waals surface area contributed by atoms with E-state index in [-0.39, 0.29) is 29.8 Å². The molecule has 0 unspecified atom stereocenters. The molecular weight excluding hydrogens is 462 g/mol. The van der Waals surface area contributed by atoms with Gasteiger partial charge in [0, 0.05) is 31.6 Å². The van der Waals surface area contributed by atoms with Crippen LogP contribution in [0.1, 0.15) is 19.8 Å². The molecule has 4 rings (SSSR count). The van der Waals surface area contributed by atoms with Gasteiger partial charge in [-0.05, 0) is 44.0 Å². The number of amides is 1. The van der Waals surface area contributed by atoms with Crippen molar-refractivity contribution in [2.45, 2.75) is 24.7 Å². The zero-order chi connectivity index (χ0) is 23.6. The van der Waals surface area contributed by atoms with Gasteiger partial charge in [-0.3, -0.25) is 9.69 Å². The van der Waals surface area contributed by atoms with Crippen LogP contribution in [0.15, 0.2) is 47.4 Å². The molecule has 1 fully saturated rings. The monoisotopic (exact) mass is 489 g/mol. The summed E-state index contributed by atoms with van der Waals surface area (Å²) in [5, 5.41) is 0.684. The van der Waals surface area contributed by atoms with Crippen LogP contribution in [0.3, 0.4) is 0 Å². The summed E-state index contributed by atoms with van der Waals surface area (Å²) in [5.41, 5.74) is 0.875. The lowest BCUT2D eigenvalue weighted by Crippen LogP contribution is -2.44. The van der Waals surface area contributed by atoms with Crippen LogP contribution in [0.4, 0.5) is 5.13 Å². The summed E-state index contributed by atoms with van der Waals surface area (Å²) in [7, 11) is -0.731. The number of rotatable bonds is 7. The Hall–Kier alpha value is -2.69. The molecule has 0 radical (unpaired) electrons. The number of para-hydroxylation sites is 1. The average molecular weight is 490 g/mol. The summed E-state index contributed by atoms with van der Waals surface area (Å²) in [6.45, 7) is 3.01. The Labute approximate surface area is 197 Å². The molecule has 2 heterocycles. The SMILES string of the molecule is CCN(C(=O)C1CCN(S(=O)(=O)c2ccc(OC)c(OC)c2)CC1)c1nc2ccccc2s1. The van der Waals surface area contributed by atoms with Gasteiger partial charge in [-0.1, -0.05) is 23.5 Å². The van der Waals surface area contributed by atoms with Crippen LogP contribution >= 0.6 is 11.3 Å². The van der Waals surface area contributed by atoms with Crippen molar-refractivity contribution in [3.05, 3.63) is 42.5 Å². The summed E-state index contributed by atoms with van der Waals surface area (Å²) < 4.78 is 39.3. The van der Waals surface area contributed by atoms with Crippen molar-refractivity contribution in [3.8, 4) is 11.5 Å². The Bertz CT molecular complexity index is 1220. The number of piperidine rings is 1. The lowest BCUT2D eigenvalue weighted by Gasteiger charge is -2.32. The van der Waals surface area contributed by atoms with Gasteiger partial charge < -0.3 is 9.47 Å². The summed E-state index contributed by atoms with van der Waals surface area (Å²) in [6.07, 6.45) is 0.930. The van der Waals surface area contributed by atoms with Crippen LogP contribution in [-0.2, 0) is 14.8 Å². The molecule has 10 heteroatoms. The van der Waals surface area contributed by atoms with E-state index < -0.39 is 10.0 Å². The van der Waals surface area contributed by atoms with Gasteiger partial charge in [-0.2, -0.15) is 4.31 Å². The second-order valence-corrected chi connectivity index (χ2v) is 10.7. The Balaban J connectivity index is 1.46. The fourth-order valence-electron chi connectivity index (χ4n) is 4.05. The topological polar surface area (TPSA) is 89.0 Å². The number of carbonyl (C=O) groups excluding carboxylic acids is 1. The lowest BCUT2D eigenvalue weighted by atomic mass is 9.96. The summed E-state index contributed by atoms with van der Waals surface area (Å²) in [4.78, 5) is 19.8. The molecule has 0 aliphatic carbocycles. The van der Waals surface area contributed by atoms with E-state index in [1.54, 1.807) is 11.0 Å². The number of anilines is 1. The normalized spacial score (nSPS) is 15.5. The number of nitrogens with zero attached hydrogens (tertiary/aromatic N) is 3. The van der Waals surface area contributed by atoms with E-state index in [4.69, 9.17) is 9.47 Å². The van der Waals surface area contributed by atoms with Crippen molar-refractivity contribution in [1.82, 2.24) is 9.29 Å². The Morgan fingerprint density at radius 1 is 1.12 bits per heavy atom. The lowest BCUT2D eigenvalue weighted by molar-refractivity contribution is -0.123. The summed E-state index contributed by atoms with van der Waals surface area (Å²) in [5.74, 6) is 0.585. The third-order valence-electron chi connectivity index (χ3n) is 5.89. The number of aromatic nitrogens is 1. The van der Waals surface area contributed by atoms with Crippen molar-refractivity contribution < 1.29 is 22.7 Å². The number of methoxy groups -OCH3 is 2. The van der Waals surface area contributed by atoms with Crippen LogP contribution in [-0.4, -0.2) is 57.5 Å². The first-order valence-electron chi connectivity index (χ1n) is 10.8. The van der Waals surface area contributed by atoms with Gasteiger partial charge >= 0.3 is 0 Å². The molecular formula is C23H27N3O5S2. The Morgan fingerprint density at radius 2 is 1.82 bits per heavy atom. The molecule has 0 saturated carbocycles. The highest BCUT2D eigenvalue weighted by Crippen LogP contribution is 2.34. The van der Waals surface area contributed by atoms with Crippen molar-refractivity contribution in [2.75, 3.05) is 38.8 Å². The highest BCUT2D eigenvalue weighted by atomic mass is 32.2. The molecule has 1 amide bonds. The zero-order valence-electron chi connectivity index (χ0n) is 18.9. The van der Waals surface area contributed by atoms with Gasteiger partial charge in [0.05, 0.1) is 29.3 Å². The standard InChI is InChI=1S/C23H27N3O5S2/c1-4-26(23-24-18-7-5-6-8-21(18)32-23)22(27)16-11-13-25(14-12-16)33(28,29)17-9-10-19(30-2)20(15-17)31-3/h5-10,15-16H,4,11-14H2,1-3H3. The summed E-state index contributed by atoms with van der Waals surface area (Å²) in [6, 6.07) is 12.4. The second kappa shape index (κ2) is 9.66. The van der Waals surface area contributed by atoms with E-state index >= 15 is 0 Å². The van der Waals surface area contributed by atoms with E-state index in [0.29, 0.717) is 36.0 Å². The number of hydrogen-bond donors (Lipinski definition) is 0. The number of benzene rings is 2. The largest absolute Gasteiger partial charge is 0.493 e. The molecule has 0 atom stereocenters. The van der Waals surface area contributed by atoms with Gasteiger partial charge in [-0.15, -0.1) is 0 Å². The molecule has 0 N–H and O–H groups in total. The highest BCUT2D eigenvalue weighted by Gasteiger charge is 2.35. The van der Waals surface area contributed by atoms with Gasteiger partial charge in [-0.25, -0.2) is 13.4 Å². The maximum absolute atomic E-state index is 13.3. The van der Waals surface area contributed by atoms with Gasteiger partial charge in [0.1, 0.15) is 0 Å². The first-order chi connectivity index (χ1) is 15.9. The van der Waals surface area contributed by atoms with Crippen LogP contribution in [0, 0.1) is 5.92 Å². The quantitative estimate of drug-likeness (QED) is 0.502. The second-order valence-electron chi connectivity index (χ2n) is 7.74. The van der Waals surface area contributed by atoms with Crippen LogP contribution < -0.4 is 14.4 Å². The van der Waals surface area contributed by atoms with E-state index in [1.807, 2.05) is 31.2 Å². The summed E-state index contributed by atoms with van der Waals surface area (Å²) >= 11 is 1.50. The Kier molecular flexibility index (Phi) is 6.87. The number of hydrogen-bond acceptors (Lipinski definition) is 7. The van der Waals surface area contributed by atoms with Crippen molar-refractivity contribution in [1.29, 1.82) is 0 Å². The number of fused-ring (bicyclic) bond motifs is 1. The first kappa shape index (κ1) is 23.5. The maximum atomic E-state index is 13.3. The molecule has 176 valence electrons. The van der Waals surface area contributed by atoms with Gasteiger partial charge in [0.25, 0.3) is 0 Å². The molecule has 33 heavy (non-hydrogen) atoms. The third kappa shape index (κ3) is 4.55. The van der Waals surface area contributed by atoms with E-state index in [9.17, 15) is 13.2 Å². The molecule has 1 aliphatic rings. The van der Waals surface area contributed by atoms with E-state index in [2.05, 4.69) is 4.98 Å². The van der Waals surface area contributed by atoms with Crippen LogP contribution in [0.25, 0.3) is 10.2 Å². The molecule has 0 spiro atoms. The predicted molar refractivity (Wildman–Crippen MR) is 129 cm³/mol. The van der Waals surface area contributed by atoms with Gasteiger partial charge in [0.15, 0.2) is 16.6 Å². The first-order valence-corrected chi connectivity index (χ1v) is 13.0. The number of carbonyl (C=O) groups is 1. The number of thiazole rings is 1. The maximum Gasteiger partial charge on any atom is 0.243 e. The smallest absolute Gasteiger partial charge is 0.243 e. The minimum absolute atomic E-state index is 0.000259. The molecule has 3 aromatic rings. The molecule has 1 aliphatic heterocycles. The minimum atomic E-state index is -3.70. The fourth-order valence-corrected chi connectivity index (χ4v) is 6.57. The highest BCUT2D eigenvalue weighted by molar-refractivity contribution is 7.89. The van der Waals surface area contributed by atoms with Crippen LogP contribution in [0.5, 0.6) is 11.5 Å².